The summed E-state index contributed by atoms with van der Waals surface area (Å²) in [5.74, 6) is 0.529. The van der Waals surface area contributed by atoms with E-state index in [2.05, 4.69) is 21.8 Å². The van der Waals surface area contributed by atoms with Crippen molar-refractivity contribution in [3.8, 4) is 0 Å². The molecule has 144 valence electrons. The fraction of sp³-hybridized carbons (Fsp3) is 0.700. The average molecular weight is 361 g/mol. The Hall–Kier alpha value is -1.50. The van der Waals surface area contributed by atoms with Gasteiger partial charge in [0.2, 0.25) is 0 Å². The molecule has 2 fully saturated rings. The number of aliphatic hydroxyl groups is 1. The number of aryl methyl sites for hydroxylation is 1. The van der Waals surface area contributed by atoms with Gasteiger partial charge in [-0.15, -0.1) is 0 Å². The topological polar surface area (TPSA) is 59.9 Å². The quantitative estimate of drug-likeness (QED) is 0.856. The highest BCUT2D eigenvalue weighted by molar-refractivity contribution is 5.95. The lowest BCUT2D eigenvalue weighted by molar-refractivity contribution is 0.0217. The standard InChI is InChI=1S/C20H32N4O2/c1-16-5-7-21-14-18(16)20(26)24-8-6-19(17(15-24)4-3-13-25)23-11-9-22(2)10-12-23/h5,7,14,17,19,25H,3-4,6,8-13,15H2,1-2H3/t17-,19+/m0/s1. The molecule has 2 saturated heterocycles. The maximum absolute atomic E-state index is 13.0. The number of piperazine rings is 1. The summed E-state index contributed by atoms with van der Waals surface area (Å²) in [5, 5.41) is 9.31. The number of piperidine rings is 1. The Labute approximate surface area is 156 Å². The Morgan fingerprint density at radius 3 is 2.73 bits per heavy atom. The van der Waals surface area contributed by atoms with Gasteiger partial charge in [-0.25, -0.2) is 0 Å². The molecule has 2 atom stereocenters. The van der Waals surface area contributed by atoms with Gasteiger partial charge >= 0.3 is 0 Å². The Balaban J connectivity index is 1.69. The molecule has 0 radical (unpaired) electrons. The van der Waals surface area contributed by atoms with E-state index in [-0.39, 0.29) is 12.5 Å². The number of aliphatic hydroxyl groups excluding tert-OH is 1. The first-order valence-corrected chi connectivity index (χ1v) is 9.83. The normalized spacial score (nSPS) is 25.4. The number of hydrogen-bond donors (Lipinski definition) is 1. The van der Waals surface area contributed by atoms with E-state index in [1.165, 1.54) is 0 Å². The lowest BCUT2D eigenvalue weighted by Gasteiger charge is -2.46. The molecule has 0 aromatic carbocycles. The van der Waals surface area contributed by atoms with E-state index < -0.39 is 0 Å². The van der Waals surface area contributed by atoms with Crippen molar-refractivity contribution in [1.29, 1.82) is 0 Å². The number of likely N-dealkylation sites (tertiary alicyclic amines) is 1. The number of nitrogens with zero attached hydrogens (tertiary/aromatic N) is 4. The Morgan fingerprint density at radius 1 is 1.27 bits per heavy atom. The van der Waals surface area contributed by atoms with Crippen molar-refractivity contribution < 1.29 is 9.90 Å². The summed E-state index contributed by atoms with van der Waals surface area (Å²) in [4.78, 5) is 24.1. The predicted octanol–water partition coefficient (Wildman–Crippen LogP) is 1.24. The molecular formula is C20H32N4O2. The van der Waals surface area contributed by atoms with Crippen LogP contribution in [0.3, 0.4) is 0 Å². The Kier molecular flexibility index (Phi) is 6.62. The highest BCUT2D eigenvalue weighted by Crippen LogP contribution is 2.28. The first-order valence-electron chi connectivity index (χ1n) is 9.83. The van der Waals surface area contributed by atoms with E-state index in [4.69, 9.17) is 0 Å². The molecule has 1 aromatic heterocycles. The van der Waals surface area contributed by atoms with Gasteiger partial charge < -0.3 is 14.9 Å². The largest absolute Gasteiger partial charge is 0.396 e. The number of rotatable bonds is 5. The third-order valence-electron chi connectivity index (χ3n) is 5.99. The van der Waals surface area contributed by atoms with Crippen LogP contribution in [0.1, 0.15) is 35.2 Å². The van der Waals surface area contributed by atoms with E-state index in [0.29, 0.717) is 17.5 Å². The lowest BCUT2D eigenvalue weighted by Crippen LogP contribution is -2.57. The maximum Gasteiger partial charge on any atom is 0.255 e. The zero-order chi connectivity index (χ0) is 18.5. The molecule has 0 aliphatic carbocycles. The number of carbonyl (C=O) groups is 1. The lowest BCUT2D eigenvalue weighted by atomic mass is 9.86. The molecule has 3 rings (SSSR count). The van der Waals surface area contributed by atoms with Crippen molar-refractivity contribution in [2.45, 2.75) is 32.2 Å². The molecule has 1 aromatic rings. The van der Waals surface area contributed by atoms with Crippen molar-refractivity contribution >= 4 is 5.91 Å². The summed E-state index contributed by atoms with van der Waals surface area (Å²) in [5.41, 5.74) is 1.70. The van der Waals surface area contributed by atoms with Gasteiger partial charge in [-0.1, -0.05) is 0 Å². The third-order valence-corrected chi connectivity index (χ3v) is 5.99. The fourth-order valence-corrected chi connectivity index (χ4v) is 4.33. The average Bonchev–Trinajstić information content (AvgIpc) is 2.67. The smallest absolute Gasteiger partial charge is 0.255 e. The number of amides is 1. The molecule has 2 aliphatic heterocycles. The predicted molar refractivity (Wildman–Crippen MR) is 102 cm³/mol. The van der Waals surface area contributed by atoms with Gasteiger partial charge in [-0.05, 0) is 50.8 Å². The minimum absolute atomic E-state index is 0.0985. The van der Waals surface area contributed by atoms with Crippen LogP contribution in [0.4, 0.5) is 0 Å². The molecule has 26 heavy (non-hydrogen) atoms. The summed E-state index contributed by atoms with van der Waals surface area (Å²) in [7, 11) is 2.18. The van der Waals surface area contributed by atoms with Gasteiger partial charge in [0.15, 0.2) is 0 Å². The number of likely N-dealkylation sites (N-methyl/N-ethyl adjacent to an activating group) is 1. The molecule has 0 saturated carbocycles. The maximum atomic E-state index is 13.0. The van der Waals surface area contributed by atoms with Crippen molar-refractivity contribution in [1.82, 2.24) is 19.7 Å². The summed E-state index contributed by atoms with van der Waals surface area (Å²) in [6.07, 6.45) is 6.22. The van der Waals surface area contributed by atoms with E-state index in [1.54, 1.807) is 12.4 Å². The zero-order valence-corrected chi connectivity index (χ0v) is 16.1. The van der Waals surface area contributed by atoms with Crippen molar-refractivity contribution in [2.75, 3.05) is 52.9 Å². The van der Waals surface area contributed by atoms with Crippen LogP contribution in [0.15, 0.2) is 18.5 Å². The second kappa shape index (κ2) is 8.93. The monoisotopic (exact) mass is 360 g/mol. The molecule has 2 aliphatic rings. The fourth-order valence-electron chi connectivity index (χ4n) is 4.33. The van der Waals surface area contributed by atoms with Crippen molar-refractivity contribution in [3.63, 3.8) is 0 Å². The SMILES string of the molecule is Cc1ccncc1C(=O)N1CC[C@@H](N2CCN(C)CC2)[C@@H](CCCO)C1. The van der Waals surface area contributed by atoms with Crippen LogP contribution in [-0.2, 0) is 0 Å². The van der Waals surface area contributed by atoms with E-state index in [0.717, 1.165) is 64.1 Å². The molecular weight excluding hydrogens is 328 g/mol. The minimum Gasteiger partial charge on any atom is -0.396 e. The second-order valence-corrected chi connectivity index (χ2v) is 7.76. The van der Waals surface area contributed by atoms with Crippen LogP contribution < -0.4 is 0 Å². The van der Waals surface area contributed by atoms with Crippen LogP contribution in [-0.4, -0.2) is 89.7 Å². The van der Waals surface area contributed by atoms with Crippen LogP contribution in [0, 0.1) is 12.8 Å². The van der Waals surface area contributed by atoms with Crippen LogP contribution >= 0.6 is 0 Å². The van der Waals surface area contributed by atoms with Gasteiger partial charge in [-0.3, -0.25) is 14.7 Å². The van der Waals surface area contributed by atoms with Gasteiger partial charge in [-0.2, -0.15) is 0 Å². The highest BCUT2D eigenvalue weighted by atomic mass is 16.3. The number of carbonyl (C=O) groups excluding carboxylic acids is 1. The zero-order valence-electron chi connectivity index (χ0n) is 16.1. The van der Waals surface area contributed by atoms with Crippen LogP contribution in [0.25, 0.3) is 0 Å². The van der Waals surface area contributed by atoms with Gasteiger partial charge in [0, 0.05) is 64.3 Å². The minimum atomic E-state index is 0.0985. The summed E-state index contributed by atoms with van der Waals surface area (Å²) >= 11 is 0. The van der Waals surface area contributed by atoms with Gasteiger partial charge in [0.1, 0.15) is 0 Å². The molecule has 1 N–H and O–H groups in total. The first-order chi connectivity index (χ1) is 12.6. The third kappa shape index (κ3) is 4.42. The van der Waals surface area contributed by atoms with Crippen LogP contribution in [0.5, 0.6) is 0 Å². The molecule has 0 unspecified atom stereocenters. The van der Waals surface area contributed by atoms with Crippen LogP contribution in [0.2, 0.25) is 0 Å². The highest BCUT2D eigenvalue weighted by Gasteiger charge is 2.35. The Morgan fingerprint density at radius 2 is 2.04 bits per heavy atom. The number of hydrogen-bond acceptors (Lipinski definition) is 5. The second-order valence-electron chi connectivity index (χ2n) is 7.76. The van der Waals surface area contributed by atoms with Gasteiger partial charge in [0.05, 0.1) is 5.56 Å². The molecule has 0 spiro atoms. The number of pyridine rings is 1. The van der Waals surface area contributed by atoms with Crippen molar-refractivity contribution in [3.05, 3.63) is 29.6 Å². The van der Waals surface area contributed by atoms with E-state index in [9.17, 15) is 9.90 Å². The number of aromatic nitrogens is 1. The molecule has 1 amide bonds. The summed E-state index contributed by atoms with van der Waals surface area (Å²) < 4.78 is 0. The summed E-state index contributed by atoms with van der Waals surface area (Å²) in [6.45, 7) is 8.21. The summed E-state index contributed by atoms with van der Waals surface area (Å²) in [6, 6.07) is 2.42. The van der Waals surface area contributed by atoms with E-state index in [1.807, 2.05) is 17.9 Å². The molecule has 0 bridgehead atoms. The van der Waals surface area contributed by atoms with Crippen molar-refractivity contribution in [2.24, 2.45) is 5.92 Å². The first kappa shape index (κ1) is 19.3. The van der Waals surface area contributed by atoms with Gasteiger partial charge in [0.25, 0.3) is 5.91 Å². The van der Waals surface area contributed by atoms with E-state index >= 15 is 0 Å². The Bertz CT molecular complexity index is 601. The molecule has 6 nitrogen and oxygen atoms in total. The molecule has 3 heterocycles. The molecule has 6 heteroatoms.